The normalized spacial score (nSPS) is 19.1. The van der Waals surface area contributed by atoms with E-state index in [0.717, 1.165) is 37.1 Å². The predicted octanol–water partition coefficient (Wildman–Crippen LogP) is 15.7. The van der Waals surface area contributed by atoms with Gasteiger partial charge < -0.3 is 9.47 Å². The molecular weight excluding hydrogens is 833 g/mol. The minimum atomic E-state index is -0.234. The second-order valence-electron chi connectivity index (χ2n) is 19.3. The number of hydrogen-bond donors (Lipinski definition) is 0. The standard InChI is InChI=1S/C67H50N2/c1-3-15-45(16-4-1)47-33-38-53(39-34-47)69-65-26-14-10-22-59(65)60-43-50(35-42-66(60)69)49-29-27-46(28-30-49)48-31-36-52(37-32-48)68(51-17-5-2-6-18-51)54-40-41-58-57-21-9-13-25-63(57)67(64(58)44-54)61-23-11-7-19-55(61)56-20-8-12-24-62(56)67/h1-7,9,11,13,15-44,57,63H,8,10,12,14H2. The fourth-order valence-electron chi connectivity index (χ4n) is 12.7. The van der Waals surface area contributed by atoms with Gasteiger partial charge in [0.25, 0.3) is 0 Å². The molecule has 0 fully saturated rings. The molecule has 0 saturated heterocycles. The summed E-state index contributed by atoms with van der Waals surface area (Å²) in [5.74, 6) is 0.647. The van der Waals surface area contributed by atoms with E-state index in [2.05, 4.69) is 252 Å². The third-order valence-electron chi connectivity index (χ3n) is 15.8. The Morgan fingerprint density at radius 1 is 0.449 bits per heavy atom. The highest BCUT2D eigenvalue weighted by atomic mass is 15.1. The number of fused-ring (bicyclic) bond motifs is 13. The molecule has 1 heterocycles. The van der Waals surface area contributed by atoms with Gasteiger partial charge in [-0.05, 0) is 153 Å². The van der Waals surface area contributed by atoms with Crippen LogP contribution in [-0.2, 0) is 5.41 Å². The minimum absolute atomic E-state index is 0.234. The van der Waals surface area contributed by atoms with Crippen molar-refractivity contribution in [2.75, 3.05) is 4.90 Å². The summed E-state index contributed by atoms with van der Waals surface area (Å²) in [6.45, 7) is 0. The zero-order chi connectivity index (χ0) is 45.5. The summed E-state index contributed by atoms with van der Waals surface area (Å²) >= 11 is 0. The molecule has 0 aliphatic heterocycles. The van der Waals surface area contributed by atoms with Crippen LogP contribution in [0.1, 0.15) is 53.9 Å². The van der Waals surface area contributed by atoms with Gasteiger partial charge in [-0.3, -0.25) is 0 Å². The molecule has 2 nitrogen and oxygen atoms in total. The van der Waals surface area contributed by atoms with Gasteiger partial charge in [-0.15, -0.1) is 0 Å². The molecule has 1 spiro atoms. The number of allylic oxidation sites excluding steroid dienone is 8. The van der Waals surface area contributed by atoms with Crippen LogP contribution in [-0.4, -0.2) is 4.57 Å². The first kappa shape index (κ1) is 39.9. The SMILES string of the molecule is C1=CC2c3ccc(N(c4ccccc4)c4ccc(-c5ccc(-c6ccc7c(c6)c6c(n7-c7ccc(-c8ccccc8)cc7)=CCCC=6)cc5)cc4)cc3C3(C4=CCCC=C4c4ccccc43)C2C=C1. The van der Waals surface area contributed by atoms with E-state index in [1.54, 1.807) is 0 Å². The molecule has 1 aromatic heterocycles. The summed E-state index contributed by atoms with van der Waals surface area (Å²) in [4.78, 5) is 2.44. The quantitative estimate of drug-likeness (QED) is 0.155. The van der Waals surface area contributed by atoms with Gasteiger partial charge >= 0.3 is 0 Å². The lowest BCUT2D eigenvalue weighted by molar-refractivity contribution is 0.464. The summed E-state index contributed by atoms with van der Waals surface area (Å²) in [5, 5.41) is 3.94. The van der Waals surface area contributed by atoms with Gasteiger partial charge in [0.05, 0.1) is 10.9 Å². The second kappa shape index (κ2) is 16.0. The molecule has 69 heavy (non-hydrogen) atoms. The number of nitrogens with zero attached hydrogens (tertiary/aromatic N) is 2. The lowest BCUT2D eigenvalue weighted by Crippen LogP contribution is -2.33. The molecule has 0 amide bonds. The number of aromatic nitrogens is 1. The third kappa shape index (κ3) is 6.18. The molecule has 5 aliphatic carbocycles. The van der Waals surface area contributed by atoms with Gasteiger partial charge in [0.15, 0.2) is 0 Å². The first-order valence-electron chi connectivity index (χ1n) is 24.8. The lowest BCUT2D eigenvalue weighted by atomic mass is 9.64. The van der Waals surface area contributed by atoms with E-state index in [1.807, 2.05) is 0 Å². The number of para-hydroxylation sites is 1. The molecule has 0 bridgehead atoms. The molecule has 0 radical (unpaired) electrons. The highest BCUT2D eigenvalue weighted by Gasteiger charge is 2.58. The fourth-order valence-corrected chi connectivity index (χ4v) is 12.7. The maximum absolute atomic E-state index is 2.56. The molecule has 3 unspecified atom stereocenters. The van der Waals surface area contributed by atoms with Crippen LogP contribution in [0.25, 0.3) is 67.7 Å². The largest absolute Gasteiger partial charge is 0.310 e. The van der Waals surface area contributed by atoms with Gasteiger partial charge in [-0.2, -0.15) is 0 Å². The van der Waals surface area contributed by atoms with E-state index >= 15 is 0 Å². The molecular formula is C67H50N2. The van der Waals surface area contributed by atoms with Gasteiger partial charge in [0.1, 0.15) is 0 Å². The van der Waals surface area contributed by atoms with Crippen LogP contribution >= 0.6 is 0 Å². The van der Waals surface area contributed by atoms with Gasteiger partial charge in [0.2, 0.25) is 0 Å². The van der Waals surface area contributed by atoms with Crippen LogP contribution in [0, 0.1) is 5.92 Å². The van der Waals surface area contributed by atoms with E-state index in [4.69, 9.17) is 0 Å². The number of anilines is 3. The molecule has 14 rings (SSSR count). The van der Waals surface area contributed by atoms with E-state index in [-0.39, 0.29) is 5.41 Å². The van der Waals surface area contributed by atoms with Crippen LogP contribution in [0.3, 0.4) is 0 Å². The van der Waals surface area contributed by atoms with E-state index in [9.17, 15) is 0 Å². The number of hydrogen-bond acceptors (Lipinski definition) is 1. The highest BCUT2D eigenvalue weighted by Crippen LogP contribution is 2.67. The van der Waals surface area contributed by atoms with E-state index < -0.39 is 0 Å². The first-order chi connectivity index (χ1) is 34.2. The summed E-state index contributed by atoms with van der Waals surface area (Å²) < 4.78 is 2.45. The molecule has 0 N–H and O–H groups in total. The second-order valence-corrected chi connectivity index (χ2v) is 19.3. The molecule has 2 heteroatoms. The fraction of sp³-hybridized carbons (Fsp3) is 0.104. The molecule has 3 atom stereocenters. The summed E-state index contributed by atoms with van der Waals surface area (Å²) in [7, 11) is 0. The Bertz CT molecular complexity index is 3750. The summed E-state index contributed by atoms with van der Waals surface area (Å²) in [6.07, 6.45) is 23.7. The zero-order valence-corrected chi connectivity index (χ0v) is 38.5. The Labute approximate surface area is 404 Å². The van der Waals surface area contributed by atoms with Gasteiger partial charge in [0, 0.05) is 50.5 Å². The lowest BCUT2D eigenvalue weighted by Gasteiger charge is -2.37. The van der Waals surface area contributed by atoms with Crippen LogP contribution in [0.4, 0.5) is 17.1 Å². The summed E-state index contributed by atoms with van der Waals surface area (Å²) in [5.41, 5.74) is 21.7. The van der Waals surface area contributed by atoms with Crippen molar-refractivity contribution in [3.63, 3.8) is 0 Å². The Morgan fingerprint density at radius 3 is 1.84 bits per heavy atom. The molecule has 0 saturated carbocycles. The van der Waals surface area contributed by atoms with Crippen molar-refractivity contribution in [3.05, 3.63) is 269 Å². The Balaban J connectivity index is 0.799. The van der Waals surface area contributed by atoms with E-state index in [1.165, 1.54) is 99.6 Å². The van der Waals surface area contributed by atoms with Crippen molar-refractivity contribution in [2.24, 2.45) is 5.92 Å². The van der Waals surface area contributed by atoms with Crippen LogP contribution in [0.2, 0.25) is 0 Å². The Hall–Kier alpha value is -8.20. The average Bonchev–Trinajstić information content (AvgIpc) is 4.03. The Morgan fingerprint density at radius 2 is 1.04 bits per heavy atom. The van der Waals surface area contributed by atoms with E-state index in [0.29, 0.717) is 11.8 Å². The van der Waals surface area contributed by atoms with Crippen LogP contribution < -0.4 is 15.5 Å². The number of benzene rings is 8. The van der Waals surface area contributed by atoms with Gasteiger partial charge in [-0.1, -0.05) is 182 Å². The van der Waals surface area contributed by atoms with Crippen molar-refractivity contribution in [3.8, 4) is 39.1 Å². The number of rotatable bonds is 7. The van der Waals surface area contributed by atoms with Crippen molar-refractivity contribution in [2.45, 2.75) is 37.0 Å². The molecule has 328 valence electrons. The van der Waals surface area contributed by atoms with Crippen molar-refractivity contribution < 1.29 is 0 Å². The molecule has 5 aliphatic rings. The van der Waals surface area contributed by atoms with Gasteiger partial charge in [-0.25, -0.2) is 0 Å². The molecule has 8 aromatic carbocycles. The van der Waals surface area contributed by atoms with Crippen LogP contribution in [0.15, 0.2) is 236 Å². The predicted molar refractivity (Wildman–Crippen MR) is 289 cm³/mol. The van der Waals surface area contributed by atoms with Crippen molar-refractivity contribution in [1.82, 2.24) is 4.57 Å². The molecule has 9 aromatic rings. The highest BCUT2D eigenvalue weighted by molar-refractivity contribution is 5.95. The minimum Gasteiger partial charge on any atom is -0.310 e. The third-order valence-corrected chi connectivity index (χ3v) is 15.8. The topological polar surface area (TPSA) is 8.17 Å². The van der Waals surface area contributed by atoms with Crippen molar-refractivity contribution in [1.29, 1.82) is 0 Å². The monoisotopic (exact) mass is 882 g/mol. The maximum Gasteiger partial charge on any atom is 0.0541 e. The van der Waals surface area contributed by atoms with Crippen molar-refractivity contribution >= 4 is 45.7 Å². The summed E-state index contributed by atoms with van der Waals surface area (Å²) in [6, 6.07) is 72.4. The average molecular weight is 883 g/mol. The zero-order valence-electron chi connectivity index (χ0n) is 38.5. The first-order valence-corrected chi connectivity index (χ1v) is 24.8. The maximum atomic E-state index is 2.56. The smallest absolute Gasteiger partial charge is 0.0541 e. The van der Waals surface area contributed by atoms with Crippen LogP contribution in [0.5, 0.6) is 0 Å². The Kier molecular flexibility index (Phi) is 9.24.